The maximum Gasteiger partial charge on any atom is 0.226 e. The first kappa shape index (κ1) is 21.9. The van der Waals surface area contributed by atoms with Gasteiger partial charge >= 0.3 is 0 Å². The van der Waals surface area contributed by atoms with Crippen LogP contribution in [0, 0.1) is 6.92 Å². The molecule has 0 saturated carbocycles. The third-order valence-electron chi connectivity index (χ3n) is 3.39. The van der Waals surface area contributed by atoms with E-state index in [1.54, 1.807) is 11.3 Å². The lowest BCUT2D eigenvalue weighted by atomic mass is 10.2. The zero-order chi connectivity index (χ0) is 17.4. The normalized spacial score (nSPS) is 11.5. The van der Waals surface area contributed by atoms with Gasteiger partial charge in [-0.2, -0.15) is 4.98 Å². The Hall–Kier alpha value is -1.16. The Kier molecular flexibility index (Phi) is 10.0. The molecule has 25 heavy (non-hydrogen) atoms. The molecule has 0 aliphatic carbocycles. The Morgan fingerprint density at radius 3 is 2.72 bits per heavy atom. The minimum Gasteiger partial charge on any atom is -0.357 e. The largest absolute Gasteiger partial charge is 0.357 e. The lowest BCUT2D eigenvalue weighted by Gasteiger charge is -2.10. The van der Waals surface area contributed by atoms with Gasteiger partial charge in [0.15, 0.2) is 11.8 Å². The number of guanidine groups is 1. The highest BCUT2D eigenvalue weighted by Crippen LogP contribution is 2.15. The average molecular weight is 477 g/mol. The molecule has 0 saturated heterocycles. The summed E-state index contributed by atoms with van der Waals surface area (Å²) in [6.45, 7) is 10.7. The van der Waals surface area contributed by atoms with Crippen LogP contribution in [0.3, 0.4) is 0 Å². The Bertz CT molecular complexity index is 653. The maximum atomic E-state index is 5.25. The predicted octanol–water partition coefficient (Wildman–Crippen LogP) is 3.87. The molecule has 140 valence electrons. The first-order chi connectivity index (χ1) is 11.6. The zero-order valence-corrected chi connectivity index (χ0v) is 18.5. The van der Waals surface area contributed by atoms with Gasteiger partial charge in [-0.05, 0) is 32.4 Å². The van der Waals surface area contributed by atoms with Crippen molar-refractivity contribution in [1.29, 1.82) is 0 Å². The second-order valence-electron chi connectivity index (χ2n) is 5.94. The van der Waals surface area contributed by atoms with Crippen LogP contribution in [0.2, 0.25) is 0 Å². The van der Waals surface area contributed by atoms with Gasteiger partial charge < -0.3 is 15.2 Å². The molecule has 2 aromatic rings. The summed E-state index contributed by atoms with van der Waals surface area (Å²) in [5, 5.41) is 10.6. The molecule has 2 N–H and O–H groups in total. The summed E-state index contributed by atoms with van der Waals surface area (Å²) in [5.41, 5.74) is 0. The molecule has 0 atom stereocenters. The number of halogens is 1. The lowest BCUT2D eigenvalue weighted by Crippen LogP contribution is -2.37. The monoisotopic (exact) mass is 477 g/mol. The van der Waals surface area contributed by atoms with Crippen molar-refractivity contribution >= 4 is 41.3 Å². The van der Waals surface area contributed by atoms with Gasteiger partial charge in [0, 0.05) is 35.2 Å². The Labute approximate surface area is 170 Å². The van der Waals surface area contributed by atoms with Crippen molar-refractivity contribution in [3.05, 3.63) is 33.6 Å². The first-order valence-electron chi connectivity index (χ1n) is 8.48. The van der Waals surface area contributed by atoms with Crippen molar-refractivity contribution in [3.63, 3.8) is 0 Å². The summed E-state index contributed by atoms with van der Waals surface area (Å²) < 4.78 is 5.25. The van der Waals surface area contributed by atoms with E-state index in [1.165, 1.54) is 9.75 Å². The van der Waals surface area contributed by atoms with Crippen LogP contribution in [0.5, 0.6) is 0 Å². The molecule has 0 aliphatic heterocycles. The number of aliphatic imine (C=N–C) groups is 1. The molecule has 0 bridgehead atoms. The van der Waals surface area contributed by atoms with E-state index in [0.717, 1.165) is 37.7 Å². The van der Waals surface area contributed by atoms with Crippen molar-refractivity contribution in [2.24, 2.45) is 4.99 Å². The van der Waals surface area contributed by atoms with Gasteiger partial charge in [0.1, 0.15) is 0 Å². The molecule has 0 aromatic carbocycles. The minimum atomic E-state index is 0. The van der Waals surface area contributed by atoms with Gasteiger partial charge in [-0.3, -0.25) is 0 Å². The fourth-order valence-electron chi connectivity index (χ4n) is 2.12. The number of aryl methyl sites for hydroxylation is 2. The first-order valence-corrected chi connectivity index (χ1v) is 9.30. The predicted molar refractivity (Wildman–Crippen MR) is 114 cm³/mol. The summed E-state index contributed by atoms with van der Waals surface area (Å²) >= 11 is 1.79. The lowest BCUT2D eigenvalue weighted by molar-refractivity contribution is 0.368. The van der Waals surface area contributed by atoms with Crippen LogP contribution in [-0.2, 0) is 13.0 Å². The molecule has 8 heteroatoms. The molecule has 0 spiro atoms. The van der Waals surface area contributed by atoms with Crippen LogP contribution >= 0.6 is 35.3 Å². The van der Waals surface area contributed by atoms with E-state index in [0.29, 0.717) is 18.4 Å². The molecular weight excluding hydrogens is 449 g/mol. The summed E-state index contributed by atoms with van der Waals surface area (Å²) in [4.78, 5) is 11.6. The number of nitrogens with zero attached hydrogens (tertiary/aromatic N) is 3. The van der Waals surface area contributed by atoms with Crippen LogP contribution in [0.25, 0.3) is 0 Å². The molecule has 0 aliphatic rings. The zero-order valence-electron chi connectivity index (χ0n) is 15.3. The molecule has 2 heterocycles. The number of thiophene rings is 1. The van der Waals surface area contributed by atoms with Crippen molar-refractivity contribution in [2.75, 3.05) is 13.1 Å². The highest BCUT2D eigenvalue weighted by atomic mass is 127. The fraction of sp³-hybridized carbons (Fsp3) is 0.588. The second kappa shape index (κ2) is 11.5. The van der Waals surface area contributed by atoms with E-state index in [1.807, 2.05) is 0 Å². The summed E-state index contributed by atoms with van der Waals surface area (Å²) in [6, 6.07) is 4.26. The second-order valence-corrected chi connectivity index (χ2v) is 7.31. The third kappa shape index (κ3) is 7.72. The van der Waals surface area contributed by atoms with Crippen LogP contribution in [0.1, 0.15) is 54.6 Å². The van der Waals surface area contributed by atoms with E-state index in [9.17, 15) is 0 Å². The summed E-state index contributed by atoms with van der Waals surface area (Å²) in [7, 11) is 0. The smallest absolute Gasteiger partial charge is 0.226 e. The van der Waals surface area contributed by atoms with Crippen molar-refractivity contribution in [2.45, 2.75) is 53.0 Å². The number of aromatic nitrogens is 2. The van der Waals surface area contributed by atoms with Crippen LogP contribution in [0.4, 0.5) is 0 Å². The topological polar surface area (TPSA) is 75.3 Å². The van der Waals surface area contributed by atoms with Crippen LogP contribution in [-0.4, -0.2) is 29.2 Å². The van der Waals surface area contributed by atoms with E-state index in [-0.39, 0.29) is 24.0 Å². The van der Waals surface area contributed by atoms with Gasteiger partial charge in [-0.15, -0.1) is 35.3 Å². The standard InChI is InChI=1S/C17H27N5OS.HI/c1-5-18-17(20-11-14-9-8-13(4)24-14)19-10-6-7-15-21-16(12(2)3)22-23-15;/h8-9,12H,5-7,10-11H2,1-4H3,(H2,18,19,20);1H. The third-order valence-corrected chi connectivity index (χ3v) is 4.38. The van der Waals surface area contributed by atoms with Crippen LogP contribution < -0.4 is 10.6 Å². The van der Waals surface area contributed by atoms with Gasteiger partial charge in [-0.25, -0.2) is 4.99 Å². The molecular formula is C17H28IN5OS. The quantitative estimate of drug-likeness (QED) is 0.261. The number of rotatable bonds is 8. The SMILES string of the molecule is CCNC(=NCc1ccc(C)s1)NCCCc1nc(C(C)C)no1.I. The summed E-state index contributed by atoms with van der Waals surface area (Å²) in [6.07, 6.45) is 1.69. The maximum absolute atomic E-state index is 5.25. The highest BCUT2D eigenvalue weighted by Gasteiger charge is 2.09. The van der Waals surface area contributed by atoms with Gasteiger partial charge in [0.05, 0.1) is 6.54 Å². The van der Waals surface area contributed by atoms with Crippen molar-refractivity contribution < 1.29 is 4.52 Å². The fourth-order valence-corrected chi connectivity index (χ4v) is 2.93. The average Bonchev–Trinajstić information content (AvgIpc) is 3.18. The Balaban J connectivity index is 0.00000312. The highest BCUT2D eigenvalue weighted by molar-refractivity contribution is 14.0. The molecule has 2 aromatic heterocycles. The van der Waals surface area contributed by atoms with E-state index >= 15 is 0 Å². The van der Waals surface area contributed by atoms with Gasteiger partial charge in [-0.1, -0.05) is 19.0 Å². The van der Waals surface area contributed by atoms with E-state index in [4.69, 9.17) is 4.52 Å². The molecule has 2 rings (SSSR count). The van der Waals surface area contributed by atoms with Gasteiger partial charge in [0.2, 0.25) is 5.89 Å². The molecule has 6 nitrogen and oxygen atoms in total. The number of hydrogen-bond donors (Lipinski definition) is 2. The molecule has 0 amide bonds. The van der Waals surface area contributed by atoms with Gasteiger partial charge in [0.25, 0.3) is 0 Å². The minimum absolute atomic E-state index is 0. The molecule has 0 fully saturated rings. The Morgan fingerprint density at radius 1 is 1.32 bits per heavy atom. The number of nitrogens with one attached hydrogen (secondary N) is 2. The van der Waals surface area contributed by atoms with E-state index in [2.05, 4.69) is 65.6 Å². The Morgan fingerprint density at radius 2 is 2.12 bits per heavy atom. The van der Waals surface area contributed by atoms with Crippen molar-refractivity contribution in [1.82, 2.24) is 20.8 Å². The van der Waals surface area contributed by atoms with E-state index < -0.39 is 0 Å². The number of hydrogen-bond acceptors (Lipinski definition) is 5. The summed E-state index contributed by atoms with van der Waals surface area (Å²) in [5.74, 6) is 2.63. The molecule has 0 unspecified atom stereocenters. The van der Waals surface area contributed by atoms with Crippen molar-refractivity contribution in [3.8, 4) is 0 Å². The van der Waals surface area contributed by atoms with Crippen LogP contribution in [0.15, 0.2) is 21.6 Å². The molecule has 0 radical (unpaired) electrons.